The lowest BCUT2D eigenvalue weighted by Gasteiger charge is -2.33. The predicted molar refractivity (Wildman–Crippen MR) is 46.1 cm³/mol. The van der Waals surface area contributed by atoms with Crippen LogP contribution in [0.4, 0.5) is 0 Å². The second kappa shape index (κ2) is 3.97. The lowest BCUT2D eigenvalue weighted by atomic mass is 10.3. The molecular weight excluding hydrogens is 238 g/mol. The van der Waals surface area contributed by atoms with E-state index in [1.165, 1.54) is 0 Å². The van der Waals surface area contributed by atoms with E-state index >= 15 is 0 Å². The number of aliphatic hydroxyl groups is 1. The molecule has 9 N–H and O–H groups in total. The summed E-state index contributed by atoms with van der Waals surface area (Å²) in [6.45, 7) is -0.688. The van der Waals surface area contributed by atoms with Gasteiger partial charge in [0.1, 0.15) is 0 Å². The van der Waals surface area contributed by atoms with E-state index in [-0.39, 0.29) is 0 Å². The molecule has 0 aromatic heterocycles. The number of rotatable bonds is 4. The molecule has 86 valence electrons. The molecule has 0 saturated carbocycles. The normalized spacial score (nSPS) is 16.8. The van der Waals surface area contributed by atoms with E-state index in [0.717, 1.165) is 0 Å². The fourth-order valence-electron chi connectivity index (χ4n) is 0.760. The Balaban J connectivity index is 5.53. The molecule has 1 unspecified atom stereocenters. The molecule has 0 aromatic rings. The third kappa shape index (κ3) is 2.22. The maximum absolute atomic E-state index is 10.7. The molecule has 0 bridgehead atoms. The van der Waals surface area contributed by atoms with E-state index in [9.17, 15) is 14.2 Å². The molecule has 14 heavy (non-hydrogen) atoms. The van der Waals surface area contributed by atoms with Crippen LogP contribution in [0.5, 0.6) is 0 Å². The summed E-state index contributed by atoms with van der Waals surface area (Å²) in [5, 5.41) is 5.59. The Morgan fingerprint density at radius 2 is 1.43 bits per heavy atom. The average molecular weight is 250 g/mol. The summed E-state index contributed by atoms with van der Waals surface area (Å²) in [5.41, 5.74) is 9.84. The first-order valence-corrected chi connectivity index (χ1v) is 6.50. The van der Waals surface area contributed by atoms with Crippen LogP contribution in [0, 0.1) is 0 Å². The summed E-state index contributed by atoms with van der Waals surface area (Å²) in [5.74, 6) is 0. The minimum atomic E-state index is -5.49. The second-order valence-corrected chi connectivity index (χ2v) is 6.51. The van der Waals surface area contributed by atoms with Crippen molar-refractivity contribution in [3.63, 3.8) is 0 Å². The fourth-order valence-corrected chi connectivity index (χ4v) is 3.19. The number of hydrogen-bond donors (Lipinski definition) is 7. The Morgan fingerprint density at radius 1 is 1.14 bits per heavy atom. The van der Waals surface area contributed by atoms with Gasteiger partial charge < -0.3 is 36.1 Å². The Morgan fingerprint density at radius 3 is 1.50 bits per heavy atom. The smallest absolute Gasteiger partial charge is 0.366 e. The van der Waals surface area contributed by atoms with E-state index in [2.05, 4.69) is 0 Å². The molecule has 0 aliphatic carbocycles. The van der Waals surface area contributed by atoms with Crippen molar-refractivity contribution in [1.82, 2.24) is 0 Å². The molecule has 0 amide bonds. The van der Waals surface area contributed by atoms with Gasteiger partial charge in [-0.3, -0.25) is 9.13 Å². The first-order valence-electron chi connectivity index (χ1n) is 3.27. The Bertz CT molecular complexity index is 271. The Hall–Kier alpha value is 0.180. The van der Waals surface area contributed by atoms with Gasteiger partial charge in [0.25, 0.3) is 5.08 Å². The van der Waals surface area contributed by atoms with Crippen molar-refractivity contribution in [3.05, 3.63) is 0 Å². The maximum Gasteiger partial charge on any atom is 0.371 e. The minimum Gasteiger partial charge on any atom is -0.366 e. The summed E-state index contributed by atoms with van der Waals surface area (Å²) in [7, 11) is -11.0. The van der Waals surface area contributed by atoms with Gasteiger partial charge in [0.05, 0.1) is 6.04 Å². The second-order valence-electron chi connectivity index (χ2n) is 2.62. The van der Waals surface area contributed by atoms with Gasteiger partial charge in [-0.1, -0.05) is 0 Å². The average Bonchev–Trinajstić information content (AvgIpc) is 1.97. The van der Waals surface area contributed by atoms with Crippen LogP contribution < -0.4 is 11.5 Å². The lowest BCUT2D eigenvalue weighted by molar-refractivity contribution is 0.110. The molecule has 11 heteroatoms. The van der Waals surface area contributed by atoms with E-state index in [1.807, 2.05) is 0 Å². The summed E-state index contributed by atoms with van der Waals surface area (Å²) < 4.78 is 21.4. The van der Waals surface area contributed by atoms with Crippen molar-refractivity contribution in [2.75, 3.05) is 6.54 Å². The van der Waals surface area contributed by atoms with Gasteiger partial charge in [-0.2, -0.15) is 0 Å². The van der Waals surface area contributed by atoms with Gasteiger partial charge in [-0.05, 0) is 0 Å². The Labute approximate surface area is 79.0 Å². The van der Waals surface area contributed by atoms with E-state index < -0.39 is 32.9 Å². The minimum absolute atomic E-state index is 0.688. The topological polar surface area (TPSA) is 187 Å². The van der Waals surface area contributed by atoms with E-state index in [1.54, 1.807) is 0 Å². The van der Waals surface area contributed by atoms with Crippen LogP contribution >= 0.6 is 15.2 Å². The SMILES string of the molecule is NCC(N)C(O)(P(=O)(O)O)P(=O)(O)O. The van der Waals surface area contributed by atoms with Crippen LogP contribution in [0.3, 0.4) is 0 Å². The van der Waals surface area contributed by atoms with Gasteiger partial charge in [0, 0.05) is 6.54 Å². The van der Waals surface area contributed by atoms with Crippen LogP contribution in [0.1, 0.15) is 0 Å². The quantitative estimate of drug-likeness (QED) is 0.260. The van der Waals surface area contributed by atoms with E-state index in [4.69, 9.17) is 31.0 Å². The predicted octanol–water partition coefficient (Wildman–Crippen LogP) is -2.73. The molecule has 0 saturated heterocycles. The zero-order valence-corrected chi connectivity index (χ0v) is 8.68. The molecule has 0 heterocycles. The van der Waals surface area contributed by atoms with Gasteiger partial charge >= 0.3 is 15.2 Å². The van der Waals surface area contributed by atoms with E-state index in [0.29, 0.717) is 0 Å². The van der Waals surface area contributed by atoms with Crippen molar-refractivity contribution in [1.29, 1.82) is 0 Å². The molecule has 0 radical (unpaired) electrons. The highest BCUT2D eigenvalue weighted by molar-refractivity contribution is 7.72. The highest BCUT2D eigenvalue weighted by Crippen LogP contribution is 2.68. The molecule has 1 atom stereocenters. The van der Waals surface area contributed by atoms with Gasteiger partial charge in [-0.15, -0.1) is 0 Å². The third-order valence-electron chi connectivity index (χ3n) is 1.61. The molecule has 0 aliphatic rings. The van der Waals surface area contributed by atoms with Crippen LogP contribution in [0.25, 0.3) is 0 Å². The van der Waals surface area contributed by atoms with Crippen molar-refractivity contribution in [2.24, 2.45) is 11.5 Å². The molecule has 0 fully saturated rings. The van der Waals surface area contributed by atoms with Crippen LogP contribution in [-0.2, 0) is 9.13 Å². The number of nitrogens with two attached hydrogens (primary N) is 2. The first kappa shape index (κ1) is 14.2. The van der Waals surface area contributed by atoms with Gasteiger partial charge in [0.15, 0.2) is 0 Å². The summed E-state index contributed by atoms with van der Waals surface area (Å²) in [6.07, 6.45) is 0. The largest absolute Gasteiger partial charge is 0.371 e. The molecular formula is C3H12N2O7P2. The monoisotopic (exact) mass is 250 g/mol. The van der Waals surface area contributed by atoms with Gasteiger partial charge in [-0.25, -0.2) is 0 Å². The summed E-state index contributed by atoms with van der Waals surface area (Å²) >= 11 is 0. The van der Waals surface area contributed by atoms with Crippen molar-refractivity contribution < 1.29 is 33.8 Å². The Kier molecular flexibility index (Phi) is 4.03. The molecule has 9 nitrogen and oxygen atoms in total. The lowest BCUT2D eigenvalue weighted by Crippen LogP contribution is -2.51. The highest BCUT2D eigenvalue weighted by atomic mass is 31.2. The summed E-state index contributed by atoms with van der Waals surface area (Å²) in [4.78, 5) is 34.4. The molecule has 0 aliphatic heterocycles. The molecule has 0 rings (SSSR count). The zero-order valence-electron chi connectivity index (χ0n) is 6.89. The highest BCUT2D eigenvalue weighted by Gasteiger charge is 2.62. The van der Waals surface area contributed by atoms with Gasteiger partial charge in [0.2, 0.25) is 0 Å². The standard InChI is InChI=1S/C3H12N2O7P2/c4-1-2(5)3(6,13(7,8)9)14(10,11)12/h2,6H,1,4-5H2,(H2,7,8,9)(H2,10,11,12). The zero-order chi connectivity index (χ0) is 11.8. The van der Waals surface area contributed by atoms with Crippen LogP contribution in [0.2, 0.25) is 0 Å². The summed E-state index contributed by atoms with van der Waals surface area (Å²) in [6, 6.07) is -1.93. The molecule has 0 aromatic carbocycles. The van der Waals surface area contributed by atoms with Crippen LogP contribution in [-0.4, -0.2) is 42.3 Å². The first-order chi connectivity index (χ1) is 5.98. The molecule has 0 spiro atoms. The van der Waals surface area contributed by atoms with Crippen molar-refractivity contribution >= 4 is 15.2 Å². The van der Waals surface area contributed by atoms with Crippen LogP contribution in [0.15, 0.2) is 0 Å². The maximum atomic E-state index is 10.7. The number of hydrogen-bond acceptors (Lipinski definition) is 5. The van der Waals surface area contributed by atoms with Crippen molar-refractivity contribution in [3.8, 4) is 0 Å². The third-order valence-corrected chi connectivity index (χ3v) is 5.55. The fraction of sp³-hybridized carbons (Fsp3) is 1.00. The van der Waals surface area contributed by atoms with Crippen molar-refractivity contribution in [2.45, 2.75) is 11.1 Å².